The molecule has 17 heavy (non-hydrogen) atoms. The maximum Gasteiger partial charge on any atom is 0.313 e. The Bertz CT molecular complexity index is 406. The van der Waals surface area contributed by atoms with Gasteiger partial charge in [-0.1, -0.05) is 36.9 Å². The molecule has 2 N–H and O–H groups in total. The molecule has 0 atom stereocenters. The van der Waals surface area contributed by atoms with Crippen LogP contribution in [0.25, 0.3) is 0 Å². The molecule has 0 aliphatic carbocycles. The fraction of sp³-hybridized carbons (Fsp3) is 0.556. The molecule has 0 aromatic carbocycles. The summed E-state index contributed by atoms with van der Waals surface area (Å²) in [4.78, 5) is 21.8. The molecule has 6 nitrogen and oxygen atoms in total. The topological polar surface area (TPSA) is 92.2 Å². The molecule has 94 valence electrons. The second-order valence-corrected chi connectivity index (χ2v) is 5.90. The van der Waals surface area contributed by atoms with Gasteiger partial charge in [0, 0.05) is 6.42 Å². The van der Waals surface area contributed by atoms with Crippen molar-refractivity contribution in [1.29, 1.82) is 0 Å². The van der Waals surface area contributed by atoms with E-state index in [0.29, 0.717) is 15.9 Å². The van der Waals surface area contributed by atoms with E-state index in [1.165, 1.54) is 11.3 Å². The highest BCUT2D eigenvalue weighted by Gasteiger charge is 2.10. The number of aliphatic carboxylic acids is 1. The van der Waals surface area contributed by atoms with Gasteiger partial charge in [0.05, 0.1) is 5.75 Å². The van der Waals surface area contributed by atoms with Crippen LogP contribution < -0.4 is 5.32 Å². The highest BCUT2D eigenvalue weighted by molar-refractivity contribution is 8.01. The number of anilines is 1. The molecular formula is C9H13N3O3S2. The van der Waals surface area contributed by atoms with E-state index >= 15 is 0 Å². The van der Waals surface area contributed by atoms with Crippen LogP contribution in [0.2, 0.25) is 0 Å². The van der Waals surface area contributed by atoms with Gasteiger partial charge >= 0.3 is 5.97 Å². The molecule has 0 fully saturated rings. The van der Waals surface area contributed by atoms with Crippen LogP contribution >= 0.6 is 23.1 Å². The molecule has 0 radical (unpaired) electrons. The number of rotatable bonds is 6. The van der Waals surface area contributed by atoms with Gasteiger partial charge in [-0.2, -0.15) is 0 Å². The van der Waals surface area contributed by atoms with Gasteiger partial charge in [0.25, 0.3) is 0 Å². The zero-order valence-electron chi connectivity index (χ0n) is 9.47. The Morgan fingerprint density at radius 2 is 2.18 bits per heavy atom. The minimum Gasteiger partial charge on any atom is -0.481 e. The Morgan fingerprint density at radius 3 is 2.76 bits per heavy atom. The molecule has 0 saturated heterocycles. The number of carbonyl (C=O) groups excluding carboxylic acids is 1. The second kappa shape index (κ2) is 6.55. The molecule has 0 saturated carbocycles. The van der Waals surface area contributed by atoms with Crippen LogP contribution in [0.3, 0.4) is 0 Å². The van der Waals surface area contributed by atoms with Crippen molar-refractivity contribution in [3.63, 3.8) is 0 Å². The van der Waals surface area contributed by atoms with Crippen LogP contribution in [0.5, 0.6) is 0 Å². The number of hydrogen-bond acceptors (Lipinski definition) is 6. The lowest BCUT2D eigenvalue weighted by atomic mass is 10.1. The van der Waals surface area contributed by atoms with Crippen molar-refractivity contribution in [2.75, 3.05) is 11.1 Å². The Morgan fingerprint density at radius 1 is 1.47 bits per heavy atom. The minimum absolute atomic E-state index is 0.0609. The number of nitrogens with zero attached hydrogens (tertiary/aromatic N) is 2. The monoisotopic (exact) mass is 275 g/mol. The minimum atomic E-state index is -0.907. The Labute approximate surface area is 107 Å². The standard InChI is InChI=1S/C9H13N3O3S2/c1-5(2)3-6(13)10-8-11-12-9(17-8)16-4-7(14)15/h5H,3-4H2,1-2H3,(H,14,15)(H,10,11,13). The first-order valence-corrected chi connectivity index (χ1v) is 6.75. The van der Waals surface area contributed by atoms with E-state index in [2.05, 4.69) is 15.5 Å². The number of carboxylic acid groups (broad SMARTS) is 1. The predicted molar refractivity (Wildman–Crippen MR) is 66.4 cm³/mol. The van der Waals surface area contributed by atoms with E-state index in [1.54, 1.807) is 0 Å². The van der Waals surface area contributed by atoms with Crippen molar-refractivity contribution in [3.05, 3.63) is 0 Å². The van der Waals surface area contributed by atoms with Gasteiger partial charge in [-0.05, 0) is 5.92 Å². The summed E-state index contributed by atoms with van der Waals surface area (Å²) < 4.78 is 0.534. The van der Waals surface area contributed by atoms with E-state index in [1.807, 2.05) is 13.8 Å². The lowest BCUT2D eigenvalue weighted by Crippen LogP contribution is -2.13. The Balaban J connectivity index is 2.45. The van der Waals surface area contributed by atoms with Crippen LogP contribution in [0.4, 0.5) is 5.13 Å². The molecule has 1 amide bonds. The summed E-state index contributed by atoms with van der Waals surface area (Å²) in [6.07, 6.45) is 0.428. The van der Waals surface area contributed by atoms with Crippen LogP contribution in [0.1, 0.15) is 20.3 Å². The fourth-order valence-corrected chi connectivity index (χ4v) is 2.47. The smallest absolute Gasteiger partial charge is 0.313 e. The van der Waals surface area contributed by atoms with Gasteiger partial charge in [0.15, 0.2) is 4.34 Å². The van der Waals surface area contributed by atoms with Crippen molar-refractivity contribution in [1.82, 2.24) is 10.2 Å². The normalized spacial score (nSPS) is 10.5. The molecular weight excluding hydrogens is 262 g/mol. The molecule has 1 heterocycles. The van der Waals surface area contributed by atoms with Crippen LogP contribution in [-0.4, -0.2) is 32.9 Å². The van der Waals surface area contributed by atoms with Gasteiger partial charge < -0.3 is 10.4 Å². The quantitative estimate of drug-likeness (QED) is 0.606. The van der Waals surface area contributed by atoms with Gasteiger partial charge in [-0.3, -0.25) is 9.59 Å². The fourth-order valence-electron chi connectivity index (χ4n) is 0.983. The highest BCUT2D eigenvalue weighted by atomic mass is 32.2. The largest absolute Gasteiger partial charge is 0.481 e. The van der Waals surface area contributed by atoms with Crippen LogP contribution in [-0.2, 0) is 9.59 Å². The molecule has 0 bridgehead atoms. The third kappa shape index (κ3) is 5.64. The van der Waals surface area contributed by atoms with Crippen LogP contribution in [0, 0.1) is 5.92 Å². The first kappa shape index (κ1) is 13.9. The number of hydrogen-bond donors (Lipinski definition) is 2. The molecule has 0 aliphatic heterocycles. The van der Waals surface area contributed by atoms with Crippen molar-refractivity contribution in [3.8, 4) is 0 Å². The van der Waals surface area contributed by atoms with Gasteiger partial charge in [0.2, 0.25) is 11.0 Å². The third-order valence-corrected chi connectivity index (χ3v) is 3.52. The molecule has 0 spiro atoms. The Hall–Kier alpha value is -1.15. The van der Waals surface area contributed by atoms with E-state index in [9.17, 15) is 9.59 Å². The number of nitrogens with one attached hydrogen (secondary N) is 1. The zero-order chi connectivity index (χ0) is 12.8. The first-order chi connectivity index (χ1) is 7.97. The number of aromatic nitrogens is 2. The van der Waals surface area contributed by atoms with Gasteiger partial charge in [0.1, 0.15) is 0 Å². The van der Waals surface area contributed by atoms with E-state index in [-0.39, 0.29) is 17.6 Å². The third-order valence-electron chi connectivity index (χ3n) is 1.57. The summed E-state index contributed by atoms with van der Waals surface area (Å²) in [5.41, 5.74) is 0. The van der Waals surface area contributed by atoms with Gasteiger partial charge in [-0.25, -0.2) is 0 Å². The average Bonchev–Trinajstić information content (AvgIpc) is 2.61. The summed E-state index contributed by atoms with van der Waals surface area (Å²) >= 11 is 2.26. The van der Waals surface area contributed by atoms with E-state index in [4.69, 9.17) is 5.11 Å². The van der Waals surface area contributed by atoms with E-state index < -0.39 is 5.97 Å². The summed E-state index contributed by atoms with van der Waals surface area (Å²) in [7, 11) is 0. The van der Waals surface area contributed by atoms with Crippen molar-refractivity contribution < 1.29 is 14.7 Å². The zero-order valence-corrected chi connectivity index (χ0v) is 11.1. The molecule has 8 heteroatoms. The maximum atomic E-state index is 11.4. The summed E-state index contributed by atoms with van der Waals surface area (Å²) in [5, 5.41) is 19.1. The molecule has 1 aromatic heterocycles. The lowest BCUT2D eigenvalue weighted by Gasteiger charge is -2.02. The molecule has 1 aromatic rings. The average molecular weight is 275 g/mol. The number of amides is 1. The van der Waals surface area contributed by atoms with Crippen LogP contribution in [0.15, 0.2) is 4.34 Å². The van der Waals surface area contributed by atoms with Crippen molar-refractivity contribution in [2.24, 2.45) is 5.92 Å². The SMILES string of the molecule is CC(C)CC(=O)Nc1nnc(SCC(=O)O)s1. The maximum absolute atomic E-state index is 11.4. The number of thioether (sulfide) groups is 1. The molecule has 1 rings (SSSR count). The number of carbonyl (C=O) groups is 2. The molecule has 0 aliphatic rings. The second-order valence-electron chi connectivity index (χ2n) is 3.70. The Kier molecular flexibility index (Phi) is 5.36. The van der Waals surface area contributed by atoms with Gasteiger partial charge in [-0.15, -0.1) is 10.2 Å². The highest BCUT2D eigenvalue weighted by Crippen LogP contribution is 2.25. The molecule has 0 unspecified atom stereocenters. The summed E-state index contributed by atoms with van der Waals surface area (Å²) in [5.74, 6) is -0.792. The van der Waals surface area contributed by atoms with Crippen molar-refractivity contribution in [2.45, 2.75) is 24.6 Å². The predicted octanol–water partition coefficient (Wildman–Crippen LogP) is 1.70. The first-order valence-electron chi connectivity index (χ1n) is 4.95. The van der Waals surface area contributed by atoms with Crippen molar-refractivity contribution >= 4 is 40.1 Å². The number of carboxylic acids is 1. The summed E-state index contributed by atoms with van der Waals surface area (Å²) in [6, 6.07) is 0. The van der Waals surface area contributed by atoms with E-state index in [0.717, 1.165) is 11.8 Å². The lowest BCUT2D eigenvalue weighted by molar-refractivity contribution is -0.133. The summed E-state index contributed by atoms with van der Waals surface area (Å²) in [6.45, 7) is 3.90.